The average molecular weight is 275 g/mol. The van der Waals surface area contributed by atoms with Gasteiger partial charge >= 0.3 is 11.4 Å². The summed E-state index contributed by atoms with van der Waals surface area (Å²) < 4.78 is 10.00. The predicted octanol–water partition coefficient (Wildman–Crippen LogP) is 2.22. The summed E-state index contributed by atoms with van der Waals surface area (Å²) in [6.45, 7) is 0. The standard InChI is InChI=1S/C13H9NO4S/c1-17-8-4-2-7(3-5-8)9-6-19-11-10(9)14-13(16)18-12(11)15/h2-6H,1H3,(H,14,16). The van der Waals surface area contributed by atoms with Crippen molar-refractivity contribution in [3.63, 3.8) is 0 Å². The molecule has 0 spiro atoms. The van der Waals surface area contributed by atoms with E-state index >= 15 is 0 Å². The lowest BCUT2D eigenvalue weighted by atomic mass is 10.1. The predicted molar refractivity (Wildman–Crippen MR) is 73.0 cm³/mol. The van der Waals surface area contributed by atoms with Crippen molar-refractivity contribution in [2.75, 3.05) is 7.11 Å². The maximum absolute atomic E-state index is 11.5. The third kappa shape index (κ3) is 1.96. The number of hydrogen-bond acceptors (Lipinski definition) is 5. The quantitative estimate of drug-likeness (QED) is 0.778. The highest BCUT2D eigenvalue weighted by molar-refractivity contribution is 7.17. The number of aromatic nitrogens is 1. The number of thiophene rings is 1. The zero-order valence-electron chi connectivity index (χ0n) is 9.93. The van der Waals surface area contributed by atoms with Crippen molar-refractivity contribution in [2.45, 2.75) is 0 Å². The molecule has 0 aliphatic carbocycles. The van der Waals surface area contributed by atoms with Crippen LogP contribution in [0.15, 0.2) is 43.7 Å². The first-order chi connectivity index (χ1) is 9.19. The van der Waals surface area contributed by atoms with Gasteiger partial charge in [0.15, 0.2) is 0 Å². The molecule has 96 valence electrons. The lowest BCUT2D eigenvalue weighted by molar-refractivity contribution is 0.415. The Hall–Kier alpha value is -2.34. The Labute approximate surface area is 111 Å². The van der Waals surface area contributed by atoms with Gasteiger partial charge in [-0.2, -0.15) is 0 Å². The van der Waals surface area contributed by atoms with Gasteiger partial charge in [0.2, 0.25) is 0 Å². The van der Waals surface area contributed by atoms with Crippen molar-refractivity contribution in [3.8, 4) is 16.9 Å². The summed E-state index contributed by atoms with van der Waals surface area (Å²) >= 11 is 1.25. The van der Waals surface area contributed by atoms with Gasteiger partial charge < -0.3 is 9.15 Å². The fraction of sp³-hybridized carbons (Fsp3) is 0.0769. The largest absolute Gasteiger partial charge is 0.497 e. The fourth-order valence-electron chi connectivity index (χ4n) is 1.87. The second-order valence-electron chi connectivity index (χ2n) is 3.88. The van der Waals surface area contributed by atoms with E-state index in [4.69, 9.17) is 4.74 Å². The maximum atomic E-state index is 11.5. The summed E-state index contributed by atoms with van der Waals surface area (Å²) in [7, 11) is 1.59. The van der Waals surface area contributed by atoms with Crippen LogP contribution in [0.25, 0.3) is 21.3 Å². The van der Waals surface area contributed by atoms with Gasteiger partial charge in [-0.15, -0.1) is 11.3 Å². The Morgan fingerprint density at radius 2 is 1.95 bits per heavy atom. The SMILES string of the molecule is COc1ccc(-c2csc3c(=O)oc(=O)[nH]c23)cc1. The van der Waals surface area contributed by atoms with Gasteiger partial charge in [-0.3, -0.25) is 4.98 Å². The van der Waals surface area contributed by atoms with E-state index in [9.17, 15) is 9.59 Å². The van der Waals surface area contributed by atoms with Crippen LogP contribution in [-0.4, -0.2) is 12.1 Å². The molecule has 5 nitrogen and oxygen atoms in total. The summed E-state index contributed by atoms with van der Waals surface area (Å²) in [6, 6.07) is 7.38. The van der Waals surface area contributed by atoms with Crippen LogP contribution in [0.4, 0.5) is 0 Å². The number of ether oxygens (including phenoxy) is 1. The van der Waals surface area contributed by atoms with E-state index in [1.54, 1.807) is 7.11 Å². The van der Waals surface area contributed by atoms with Gasteiger partial charge in [-0.25, -0.2) is 9.59 Å². The monoisotopic (exact) mass is 275 g/mol. The number of methoxy groups -OCH3 is 1. The molecule has 0 saturated carbocycles. The van der Waals surface area contributed by atoms with Crippen molar-refractivity contribution in [2.24, 2.45) is 0 Å². The molecule has 0 fully saturated rings. The molecule has 0 saturated heterocycles. The molecule has 2 heterocycles. The van der Waals surface area contributed by atoms with E-state index < -0.39 is 11.4 Å². The minimum absolute atomic E-state index is 0.408. The average Bonchev–Trinajstić information content (AvgIpc) is 2.83. The highest BCUT2D eigenvalue weighted by Crippen LogP contribution is 2.31. The van der Waals surface area contributed by atoms with Crippen LogP contribution in [0.1, 0.15) is 0 Å². The van der Waals surface area contributed by atoms with Crippen molar-refractivity contribution in [1.82, 2.24) is 4.98 Å². The minimum Gasteiger partial charge on any atom is -0.497 e. The van der Waals surface area contributed by atoms with E-state index in [0.29, 0.717) is 10.2 Å². The number of fused-ring (bicyclic) bond motifs is 1. The van der Waals surface area contributed by atoms with Crippen LogP contribution in [0.2, 0.25) is 0 Å². The fourth-order valence-corrected chi connectivity index (χ4v) is 2.78. The first-order valence-corrected chi connectivity index (χ1v) is 6.36. The van der Waals surface area contributed by atoms with Crippen LogP contribution in [0, 0.1) is 0 Å². The minimum atomic E-state index is -0.745. The van der Waals surface area contributed by atoms with Gasteiger partial charge in [-0.05, 0) is 17.7 Å². The lowest BCUT2D eigenvalue weighted by Gasteiger charge is -2.02. The Morgan fingerprint density at radius 1 is 1.21 bits per heavy atom. The zero-order chi connectivity index (χ0) is 13.4. The molecule has 0 unspecified atom stereocenters. The molecule has 0 radical (unpaired) electrons. The van der Waals surface area contributed by atoms with Crippen molar-refractivity contribution < 1.29 is 9.15 Å². The van der Waals surface area contributed by atoms with Gasteiger partial charge in [0.1, 0.15) is 10.4 Å². The first kappa shape index (κ1) is 11.7. The van der Waals surface area contributed by atoms with E-state index in [0.717, 1.165) is 16.9 Å². The molecule has 3 aromatic rings. The second kappa shape index (κ2) is 4.40. The molecule has 0 bridgehead atoms. The molecular formula is C13H9NO4S. The van der Waals surface area contributed by atoms with Crippen molar-refractivity contribution >= 4 is 21.6 Å². The van der Waals surface area contributed by atoms with Gasteiger partial charge in [0, 0.05) is 10.9 Å². The van der Waals surface area contributed by atoms with Gasteiger partial charge in [-0.1, -0.05) is 12.1 Å². The van der Waals surface area contributed by atoms with E-state index in [-0.39, 0.29) is 0 Å². The van der Waals surface area contributed by atoms with Crippen LogP contribution in [0.5, 0.6) is 5.75 Å². The molecule has 2 aromatic heterocycles. The Bertz CT molecular complexity index is 841. The van der Waals surface area contributed by atoms with Crippen LogP contribution >= 0.6 is 11.3 Å². The highest BCUT2D eigenvalue weighted by Gasteiger charge is 2.11. The van der Waals surface area contributed by atoms with Gasteiger partial charge in [0.05, 0.1) is 12.6 Å². The number of nitrogens with one attached hydrogen (secondary N) is 1. The molecule has 0 amide bonds. The van der Waals surface area contributed by atoms with Crippen molar-refractivity contribution in [3.05, 3.63) is 50.6 Å². The normalized spacial score (nSPS) is 10.8. The first-order valence-electron chi connectivity index (χ1n) is 5.48. The second-order valence-corrected chi connectivity index (χ2v) is 4.76. The zero-order valence-corrected chi connectivity index (χ0v) is 10.7. The summed E-state index contributed by atoms with van der Waals surface area (Å²) in [4.78, 5) is 25.4. The number of rotatable bonds is 2. The number of benzene rings is 1. The molecule has 0 atom stereocenters. The van der Waals surface area contributed by atoms with E-state index in [2.05, 4.69) is 9.40 Å². The molecule has 19 heavy (non-hydrogen) atoms. The third-order valence-electron chi connectivity index (χ3n) is 2.79. The van der Waals surface area contributed by atoms with Crippen LogP contribution < -0.4 is 16.1 Å². The lowest BCUT2D eigenvalue weighted by Crippen LogP contribution is -2.13. The van der Waals surface area contributed by atoms with E-state index in [1.807, 2.05) is 29.6 Å². The topological polar surface area (TPSA) is 72.3 Å². The number of hydrogen-bond donors (Lipinski definition) is 1. The summed E-state index contributed by atoms with van der Waals surface area (Å²) in [6.07, 6.45) is 0. The Balaban J connectivity index is 2.24. The molecule has 0 aliphatic rings. The maximum Gasteiger partial charge on any atom is 0.419 e. The molecule has 1 N–H and O–H groups in total. The molecule has 0 aliphatic heterocycles. The molecule has 6 heteroatoms. The summed E-state index contributed by atoms with van der Waals surface area (Å²) in [5, 5.41) is 1.82. The molecular weight excluding hydrogens is 266 g/mol. The number of aromatic amines is 1. The number of H-pyrrole nitrogens is 1. The summed E-state index contributed by atoms with van der Waals surface area (Å²) in [5.74, 6) is 0.00181. The molecule has 1 aromatic carbocycles. The molecule has 3 rings (SSSR count). The van der Waals surface area contributed by atoms with Crippen molar-refractivity contribution in [1.29, 1.82) is 0 Å². The third-order valence-corrected chi connectivity index (χ3v) is 3.75. The Kier molecular flexibility index (Phi) is 2.72. The van der Waals surface area contributed by atoms with Crippen LogP contribution in [0.3, 0.4) is 0 Å². The summed E-state index contributed by atoms with van der Waals surface area (Å²) in [5.41, 5.74) is 1.60. The highest BCUT2D eigenvalue weighted by atomic mass is 32.1. The van der Waals surface area contributed by atoms with Gasteiger partial charge in [0.25, 0.3) is 0 Å². The van der Waals surface area contributed by atoms with E-state index in [1.165, 1.54) is 11.3 Å². The smallest absolute Gasteiger partial charge is 0.419 e. The Morgan fingerprint density at radius 3 is 2.63 bits per heavy atom. The van der Waals surface area contributed by atoms with Crippen LogP contribution in [-0.2, 0) is 0 Å².